The van der Waals surface area contributed by atoms with E-state index in [1.807, 2.05) is 25.4 Å². The van der Waals surface area contributed by atoms with E-state index in [1.54, 1.807) is 23.3 Å². The summed E-state index contributed by atoms with van der Waals surface area (Å²) in [4.78, 5) is 25.8. The van der Waals surface area contributed by atoms with Crippen molar-refractivity contribution in [2.45, 2.75) is 6.92 Å². The Morgan fingerprint density at radius 1 is 1.04 bits per heavy atom. The number of fused-ring (bicyclic) bond motifs is 1. The Morgan fingerprint density at radius 3 is 2.50 bits per heavy atom. The first-order valence-corrected chi connectivity index (χ1v) is 9.60. The highest BCUT2D eigenvalue weighted by atomic mass is 16.2. The average Bonchev–Trinajstić information content (AvgIpc) is 3.14. The summed E-state index contributed by atoms with van der Waals surface area (Å²) in [5, 5.41) is 9.04. The lowest BCUT2D eigenvalue weighted by Crippen LogP contribution is -2.48. The summed E-state index contributed by atoms with van der Waals surface area (Å²) in [6.07, 6.45) is 7.25. The number of piperazine rings is 1. The van der Waals surface area contributed by atoms with Gasteiger partial charge in [-0.25, -0.2) is 4.98 Å². The van der Waals surface area contributed by atoms with Crippen molar-refractivity contribution in [3.63, 3.8) is 0 Å². The fourth-order valence-electron chi connectivity index (χ4n) is 3.47. The number of likely N-dealkylation sites (N-methyl/N-ethyl adjacent to an activating group) is 1. The molecule has 0 bridgehead atoms. The van der Waals surface area contributed by atoms with Crippen molar-refractivity contribution in [1.29, 1.82) is 0 Å². The number of carbonyl (C=O) groups excluding carboxylic acids is 1. The van der Waals surface area contributed by atoms with Crippen molar-refractivity contribution in [2.24, 2.45) is 7.05 Å². The van der Waals surface area contributed by atoms with Gasteiger partial charge in [0, 0.05) is 62.8 Å². The Balaban J connectivity index is 1.44. The van der Waals surface area contributed by atoms with Crippen LogP contribution >= 0.6 is 0 Å². The number of hydrogen-bond acceptors (Lipinski definition) is 6. The molecule has 8 heteroatoms. The van der Waals surface area contributed by atoms with Crippen molar-refractivity contribution < 1.29 is 4.79 Å². The SMILES string of the molecule is CCN1CCN(CC(=O)Nc2cc3cc(-c4cnn(C)c4)ncc3cn2)CC1. The van der Waals surface area contributed by atoms with E-state index in [9.17, 15) is 4.79 Å². The Morgan fingerprint density at radius 2 is 1.79 bits per heavy atom. The van der Waals surface area contributed by atoms with E-state index in [4.69, 9.17) is 0 Å². The highest BCUT2D eigenvalue weighted by molar-refractivity contribution is 5.94. The summed E-state index contributed by atoms with van der Waals surface area (Å²) >= 11 is 0. The second-order valence-corrected chi connectivity index (χ2v) is 7.15. The van der Waals surface area contributed by atoms with Crippen LogP contribution in [0.25, 0.3) is 22.0 Å². The molecule has 4 rings (SSSR count). The standard InChI is InChI=1S/C20H25N7O/c1-3-26-4-6-27(7-5-26)14-20(28)24-19-9-15-8-18(17-12-23-25(2)13-17)21-10-16(15)11-22-19/h8-13H,3-7,14H2,1-2H3,(H,22,24,28). The van der Waals surface area contributed by atoms with Gasteiger partial charge in [0.25, 0.3) is 0 Å². The van der Waals surface area contributed by atoms with Crippen LogP contribution in [-0.2, 0) is 11.8 Å². The van der Waals surface area contributed by atoms with Gasteiger partial charge in [-0.05, 0) is 24.1 Å². The van der Waals surface area contributed by atoms with E-state index < -0.39 is 0 Å². The highest BCUT2D eigenvalue weighted by Gasteiger charge is 2.18. The van der Waals surface area contributed by atoms with Gasteiger partial charge in [-0.1, -0.05) is 6.92 Å². The molecule has 8 nitrogen and oxygen atoms in total. The fourth-order valence-corrected chi connectivity index (χ4v) is 3.47. The molecule has 0 aliphatic carbocycles. The molecule has 1 saturated heterocycles. The molecule has 0 saturated carbocycles. The number of aromatic nitrogens is 4. The van der Waals surface area contributed by atoms with Crippen LogP contribution in [0.1, 0.15) is 6.92 Å². The molecule has 0 spiro atoms. The van der Waals surface area contributed by atoms with Crippen LogP contribution in [0.5, 0.6) is 0 Å². The number of amides is 1. The zero-order valence-corrected chi connectivity index (χ0v) is 16.3. The molecule has 0 radical (unpaired) electrons. The topological polar surface area (TPSA) is 79.2 Å². The summed E-state index contributed by atoms with van der Waals surface area (Å²) in [6, 6.07) is 3.89. The van der Waals surface area contributed by atoms with Gasteiger partial charge in [0.1, 0.15) is 5.82 Å². The molecule has 0 atom stereocenters. The number of anilines is 1. The van der Waals surface area contributed by atoms with Crippen LogP contribution in [0, 0.1) is 0 Å². The molecule has 1 N–H and O–H groups in total. The maximum atomic E-state index is 12.4. The first kappa shape index (κ1) is 18.5. The van der Waals surface area contributed by atoms with Crippen molar-refractivity contribution >= 4 is 22.5 Å². The van der Waals surface area contributed by atoms with Gasteiger partial charge in [0.05, 0.1) is 18.4 Å². The average molecular weight is 379 g/mol. The second-order valence-electron chi connectivity index (χ2n) is 7.15. The highest BCUT2D eigenvalue weighted by Crippen LogP contribution is 2.22. The first-order valence-electron chi connectivity index (χ1n) is 9.60. The van der Waals surface area contributed by atoms with Gasteiger partial charge >= 0.3 is 0 Å². The van der Waals surface area contributed by atoms with E-state index in [0.717, 1.165) is 54.8 Å². The van der Waals surface area contributed by atoms with Crippen LogP contribution in [0.4, 0.5) is 5.82 Å². The summed E-state index contributed by atoms with van der Waals surface area (Å²) in [5.41, 5.74) is 1.80. The molecule has 0 aromatic carbocycles. The first-order chi connectivity index (χ1) is 13.6. The molecule has 3 aromatic rings. The summed E-state index contributed by atoms with van der Waals surface area (Å²) < 4.78 is 1.75. The van der Waals surface area contributed by atoms with Gasteiger partial charge in [-0.15, -0.1) is 0 Å². The van der Waals surface area contributed by atoms with Crippen molar-refractivity contribution in [2.75, 3.05) is 44.6 Å². The maximum absolute atomic E-state index is 12.4. The monoisotopic (exact) mass is 379 g/mol. The molecular weight excluding hydrogens is 354 g/mol. The summed E-state index contributed by atoms with van der Waals surface area (Å²) in [7, 11) is 1.88. The normalized spacial score (nSPS) is 15.8. The third-order valence-corrected chi connectivity index (χ3v) is 5.15. The van der Waals surface area contributed by atoms with Gasteiger partial charge in [0.15, 0.2) is 0 Å². The third-order valence-electron chi connectivity index (χ3n) is 5.15. The number of nitrogens with one attached hydrogen (secondary N) is 1. The van der Waals surface area contributed by atoms with Gasteiger partial charge in [-0.2, -0.15) is 5.10 Å². The van der Waals surface area contributed by atoms with Crippen LogP contribution in [-0.4, -0.2) is 74.7 Å². The number of nitrogens with zero attached hydrogens (tertiary/aromatic N) is 6. The lowest BCUT2D eigenvalue weighted by Gasteiger charge is -2.33. The minimum absolute atomic E-state index is 0.0293. The Labute approximate surface area is 164 Å². The van der Waals surface area contributed by atoms with Gasteiger partial charge in [0.2, 0.25) is 5.91 Å². The molecule has 4 heterocycles. The number of hydrogen-bond donors (Lipinski definition) is 1. The summed E-state index contributed by atoms with van der Waals surface area (Å²) in [6.45, 7) is 7.51. The number of pyridine rings is 2. The largest absolute Gasteiger partial charge is 0.310 e. The molecule has 1 aliphatic heterocycles. The Kier molecular flexibility index (Phi) is 5.31. The Hall–Kier alpha value is -2.84. The molecule has 146 valence electrons. The quantitative estimate of drug-likeness (QED) is 0.726. The number of aryl methyl sites for hydroxylation is 1. The summed E-state index contributed by atoms with van der Waals surface area (Å²) in [5.74, 6) is 0.534. The lowest BCUT2D eigenvalue weighted by atomic mass is 10.1. The zero-order chi connectivity index (χ0) is 19.5. The number of rotatable bonds is 5. The predicted molar refractivity (Wildman–Crippen MR) is 109 cm³/mol. The molecule has 3 aromatic heterocycles. The molecule has 28 heavy (non-hydrogen) atoms. The smallest absolute Gasteiger partial charge is 0.239 e. The van der Waals surface area contributed by atoms with E-state index in [0.29, 0.717) is 12.4 Å². The van der Waals surface area contributed by atoms with E-state index in [1.165, 1.54) is 0 Å². The van der Waals surface area contributed by atoms with E-state index in [-0.39, 0.29) is 5.91 Å². The van der Waals surface area contributed by atoms with Gasteiger partial charge in [-0.3, -0.25) is 19.4 Å². The zero-order valence-electron chi connectivity index (χ0n) is 16.3. The molecule has 1 fully saturated rings. The minimum atomic E-state index is -0.0293. The molecule has 0 unspecified atom stereocenters. The minimum Gasteiger partial charge on any atom is -0.310 e. The van der Waals surface area contributed by atoms with Crippen LogP contribution in [0.15, 0.2) is 36.9 Å². The van der Waals surface area contributed by atoms with E-state index >= 15 is 0 Å². The second kappa shape index (κ2) is 8.04. The van der Waals surface area contributed by atoms with Crippen LogP contribution in [0.2, 0.25) is 0 Å². The predicted octanol–water partition coefficient (Wildman–Crippen LogP) is 1.61. The van der Waals surface area contributed by atoms with Crippen molar-refractivity contribution in [3.8, 4) is 11.3 Å². The van der Waals surface area contributed by atoms with E-state index in [2.05, 4.69) is 37.1 Å². The Bertz CT molecular complexity index is 976. The van der Waals surface area contributed by atoms with Crippen LogP contribution in [0.3, 0.4) is 0 Å². The van der Waals surface area contributed by atoms with Gasteiger partial charge < -0.3 is 10.2 Å². The van der Waals surface area contributed by atoms with Crippen molar-refractivity contribution in [3.05, 3.63) is 36.9 Å². The maximum Gasteiger partial charge on any atom is 0.239 e. The molecular formula is C20H25N7O. The fraction of sp³-hybridized carbons (Fsp3) is 0.400. The lowest BCUT2D eigenvalue weighted by molar-refractivity contribution is -0.117. The van der Waals surface area contributed by atoms with Crippen molar-refractivity contribution in [1.82, 2.24) is 29.5 Å². The van der Waals surface area contributed by atoms with Crippen LogP contribution < -0.4 is 5.32 Å². The molecule has 1 aliphatic rings. The number of carbonyl (C=O) groups is 1. The third kappa shape index (κ3) is 4.18. The molecule has 1 amide bonds.